The number of furan rings is 2. The van der Waals surface area contributed by atoms with Gasteiger partial charge in [-0.1, -0.05) is 103 Å². The van der Waals surface area contributed by atoms with E-state index in [0.29, 0.717) is 16.8 Å². The maximum Gasteiger partial charge on any atom is 0.136 e. The lowest BCUT2D eigenvalue weighted by molar-refractivity contribution is 0.669. The zero-order chi connectivity index (χ0) is 37.1. The molecule has 0 aliphatic heterocycles. The number of nitriles is 2. The van der Waals surface area contributed by atoms with Gasteiger partial charge in [0, 0.05) is 48.7 Å². The highest BCUT2D eigenvalue weighted by Crippen LogP contribution is 2.47. The Kier molecular flexibility index (Phi) is 6.10. The summed E-state index contributed by atoms with van der Waals surface area (Å²) in [5.74, 6) is 0. The molecule has 0 fully saturated rings. The van der Waals surface area contributed by atoms with E-state index in [2.05, 4.69) is 81.9 Å². The highest BCUT2D eigenvalue weighted by molar-refractivity contribution is 6.20. The Hall–Kier alpha value is -8.06. The van der Waals surface area contributed by atoms with E-state index in [1.54, 1.807) is 6.07 Å². The van der Waals surface area contributed by atoms with Crippen LogP contribution in [0.3, 0.4) is 0 Å². The average molecular weight is 715 g/mol. The summed E-state index contributed by atoms with van der Waals surface area (Å²) in [5.41, 5.74) is 10.8. The Morgan fingerprint density at radius 2 is 0.821 bits per heavy atom. The van der Waals surface area contributed by atoms with E-state index in [-0.39, 0.29) is 0 Å². The molecule has 6 heteroatoms. The van der Waals surface area contributed by atoms with Gasteiger partial charge in [-0.25, -0.2) is 0 Å². The van der Waals surface area contributed by atoms with Gasteiger partial charge in [-0.05, 0) is 60.2 Å². The van der Waals surface area contributed by atoms with Crippen LogP contribution in [0.5, 0.6) is 0 Å². The molecule has 0 saturated carbocycles. The van der Waals surface area contributed by atoms with Gasteiger partial charge in [0.1, 0.15) is 28.4 Å². The van der Waals surface area contributed by atoms with E-state index < -0.39 is 0 Å². The molecule has 0 N–H and O–H groups in total. The molecular weight excluding hydrogens is 689 g/mol. The van der Waals surface area contributed by atoms with E-state index >= 15 is 0 Å². The van der Waals surface area contributed by atoms with Gasteiger partial charge in [-0.15, -0.1) is 0 Å². The molecule has 0 aliphatic rings. The minimum absolute atomic E-state index is 0.386. The monoisotopic (exact) mass is 714 g/mol. The van der Waals surface area contributed by atoms with E-state index in [1.165, 1.54) is 0 Å². The number of fused-ring (bicyclic) bond motifs is 12. The van der Waals surface area contributed by atoms with E-state index in [9.17, 15) is 10.5 Å². The first-order chi connectivity index (χ1) is 27.7. The summed E-state index contributed by atoms with van der Waals surface area (Å²) in [7, 11) is 0. The first-order valence-corrected chi connectivity index (χ1v) is 18.5. The Morgan fingerprint density at radius 3 is 1.36 bits per heavy atom. The van der Waals surface area contributed by atoms with Crippen molar-refractivity contribution >= 4 is 87.5 Å². The van der Waals surface area contributed by atoms with Gasteiger partial charge in [0.2, 0.25) is 0 Å². The molecule has 8 aromatic carbocycles. The molecule has 258 valence electrons. The van der Waals surface area contributed by atoms with Crippen LogP contribution in [0.4, 0.5) is 0 Å². The lowest BCUT2D eigenvalue weighted by Gasteiger charge is -2.23. The smallest absolute Gasteiger partial charge is 0.136 e. The maximum absolute atomic E-state index is 11.2. The third-order valence-corrected chi connectivity index (χ3v) is 11.4. The lowest BCUT2D eigenvalue weighted by atomic mass is 9.93. The Bertz CT molecular complexity index is 3730. The van der Waals surface area contributed by atoms with Crippen LogP contribution in [-0.4, -0.2) is 9.13 Å². The van der Waals surface area contributed by atoms with Crippen LogP contribution < -0.4 is 0 Å². The molecule has 0 bridgehead atoms. The molecule has 4 aromatic heterocycles. The molecule has 0 radical (unpaired) electrons. The van der Waals surface area contributed by atoms with E-state index in [0.717, 1.165) is 104 Å². The summed E-state index contributed by atoms with van der Waals surface area (Å²) in [4.78, 5) is 0. The fraction of sp³-hybridized carbons (Fsp3) is 0. The van der Waals surface area contributed by atoms with Crippen molar-refractivity contribution in [3.05, 3.63) is 169 Å². The third-order valence-electron chi connectivity index (χ3n) is 11.4. The number of para-hydroxylation sites is 4. The number of aromatic nitrogens is 2. The summed E-state index contributed by atoms with van der Waals surface area (Å²) < 4.78 is 17.3. The topological polar surface area (TPSA) is 83.7 Å². The second-order valence-corrected chi connectivity index (χ2v) is 14.3. The van der Waals surface area contributed by atoms with Crippen LogP contribution >= 0.6 is 0 Å². The van der Waals surface area contributed by atoms with Gasteiger partial charge in [0.15, 0.2) is 0 Å². The second-order valence-electron chi connectivity index (χ2n) is 14.3. The van der Waals surface area contributed by atoms with E-state index in [4.69, 9.17) is 8.83 Å². The Morgan fingerprint density at radius 1 is 0.357 bits per heavy atom. The minimum atomic E-state index is 0.386. The van der Waals surface area contributed by atoms with Gasteiger partial charge in [0.05, 0.1) is 50.6 Å². The fourth-order valence-corrected chi connectivity index (χ4v) is 9.03. The predicted octanol–water partition coefficient (Wildman–Crippen LogP) is 13.1. The summed E-state index contributed by atoms with van der Waals surface area (Å²) in [6.45, 7) is 0. The standard InChI is InChI=1S/C50H26N4O2/c51-27-30-22-31(28-52)49(53-40-18-8-4-14-32(40)36-25-46-38(23-42(36)53)34-16-6-10-20-44(34)55-46)50(48(30)29-12-2-1-3-13-29)54-41-19-9-5-15-33(41)37-26-47-39(24-43(37)54)35-17-7-11-21-45(35)56-47/h1-26H. The maximum atomic E-state index is 11.2. The quantitative estimate of drug-likeness (QED) is 0.182. The van der Waals surface area contributed by atoms with Crippen LogP contribution in [0, 0.1) is 22.7 Å². The van der Waals surface area contributed by atoms with Crippen molar-refractivity contribution in [2.75, 3.05) is 0 Å². The van der Waals surface area contributed by atoms with Crippen molar-refractivity contribution in [1.82, 2.24) is 9.13 Å². The second kappa shape index (κ2) is 11.2. The number of hydrogen-bond acceptors (Lipinski definition) is 4. The molecule has 0 aliphatic carbocycles. The minimum Gasteiger partial charge on any atom is -0.456 e. The normalized spacial score (nSPS) is 11.9. The van der Waals surface area contributed by atoms with Crippen LogP contribution in [0.1, 0.15) is 11.1 Å². The molecule has 0 unspecified atom stereocenters. The Labute approximate surface area is 318 Å². The highest BCUT2D eigenvalue weighted by Gasteiger charge is 2.28. The molecule has 6 nitrogen and oxygen atoms in total. The predicted molar refractivity (Wildman–Crippen MR) is 225 cm³/mol. The Balaban J connectivity index is 1.34. The van der Waals surface area contributed by atoms with Crippen LogP contribution in [0.25, 0.3) is 110 Å². The summed E-state index contributed by atoms with van der Waals surface area (Å²) >= 11 is 0. The van der Waals surface area contributed by atoms with Crippen molar-refractivity contribution < 1.29 is 8.83 Å². The molecule has 56 heavy (non-hydrogen) atoms. The summed E-state index contributed by atoms with van der Waals surface area (Å²) in [5, 5.41) is 30.2. The number of nitrogens with zero attached hydrogens (tertiary/aromatic N) is 4. The molecule has 0 atom stereocenters. The number of benzene rings is 8. The van der Waals surface area contributed by atoms with Crippen LogP contribution in [0.15, 0.2) is 167 Å². The third kappa shape index (κ3) is 4.02. The van der Waals surface area contributed by atoms with Crippen LogP contribution in [0.2, 0.25) is 0 Å². The van der Waals surface area contributed by atoms with Crippen LogP contribution in [-0.2, 0) is 0 Å². The van der Waals surface area contributed by atoms with Crippen molar-refractivity contribution in [2.45, 2.75) is 0 Å². The van der Waals surface area contributed by atoms with Gasteiger partial charge < -0.3 is 18.0 Å². The highest BCUT2D eigenvalue weighted by atomic mass is 16.3. The van der Waals surface area contributed by atoms with Gasteiger partial charge in [-0.3, -0.25) is 0 Å². The molecule has 12 aromatic rings. The first kappa shape index (κ1) is 30.4. The number of rotatable bonds is 3. The molecular formula is C50H26N4O2. The van der Waals surface area contributed by atoms with Crippen molar-refractivity contribution in [1.29, 1.82) is 10.5 Å². The fourth-order valence-electron chi connectivity index (χ4n) is 9.03. The molecule has 0 amide bonds. The largest absolute Gasteiger partial charge is 0.456 e. The molecule has 0 spiro atoms. The van der Waals surface area contributed by atoms with Gasteiger partial charge in [-0.2, -0.15) is 10.5 Å². The van der Waals surface area contributed by atoms with E-state index in [1.807, 2.05) is 91.0 Å². The van der Waals surface area contributed by atoms with Crippen molar-refractivity contribution in [3.63, 3.8) is 0 Å². The summed E-state index contributed by atoms with van der Waals surface area (Å²) in [6.07, 6.45) is 0. The SMILES string of the molecule is N#Cc1cc(C#N)c(-n2c3ccccc3c3cc4oc5ccccc5c4cc32)c(-n2c3ccccc3c3cc4oc5ccccc5c4cc32)c1-c1ccccc1. The lowest BCUT2D eigenvalue weighted by Crippen LogP contribution is -2.09. The zero-order valence-electron chi connectivity index (χ0n) is 29.6. The molecule has 4 heterocycles. The summed E-state index contributed by atoms with van der Waals surface area (Å²) in [6, 6.07) is 58.3. The first-order valence-electron chi connectivity index (χ1n) is 18.5. The molecule has 12 rings (SSSR count). The van der Waals surface area contributed by atoms with Gasteiger partial charge in [0.25, 0.3) is 0 Å². The van der Waals surface area contributed by atoms with Crippen molar-refractivity contribution in [3.8, 4) is 34.6 Å². The van der Waals surface area contributed by atoms with Gasteiger partial charge >= 0.3 is 0 Å². The average Bonchev–Trinajstić information content (AvgIpc) is 3.99. The molecule has 0 saturated heterocycles. The zero-order valence-corrected chi connectivity index (χ0v) is 29.6. The van der Waals surface area contributed by atoms with Crippen molar-refractivity contribution in [2.24, 2.45) is 0 Å². The number of hydrogen-bond donors (Lipinski definition) is 0.